The third-order valence-corrected chi connectivity index (χ3v) is 2.08. The molecule has 0 saturated carbocycles. The number of aliphatic carboxylic acids is 1. The monoisotopic (exact) mass is 269 g/mol. The lowest BCUT2D eigenvalue weighted by Gasteiger charge is -2.06. The van der Waals surface area contributed by atoms with E-state index in [2.05, 4.69) is 5.32 Å². The zero-order valence-electron chi connectivity index (χ0n) is 8.88. The summed E-state index contributed by atoms with van der Waals surface area (Å²) < 4.78 is 0. The first-order valence-electron chi connectivity index (χ1n) is 4.65. The van der Waals surface area contributed by atoms with Crippen molar-refractivity contribution in [1.82, 2.24) is 0 Å². The van der Waals surface area contributed by atoms with Gasteiger partial charge in [-0.15, -0.1) is 0 Å². The zero-order chi connectivity index (χ0) is 13.7. The maximum Gasteiger partial charge on any atom is 0.337 e. The summed E-state index contributed by atoms with van der Waals surface area (Å²) in [5.74, 6) is -3.28. The predicted octanol–water partition coefficient (Wildman–Crippen LogP) is 1.62. The number of hydrogen-bond acceptors (Lipinski definition) is 3. The van der Waals surface area contributed by atoms with Crippen LogP contribution in [0.1, 0.15) is 10.4 Å². The Kier molecular flexibility index (Phi) is 4.45. The van der Waals surface area contributed by atoms with Crippen molar-refractivity contribution in [3.8, 4) is 0 Å². The number of hydrogen-bond donors (Lipinski definition) is 3. The number of benzene rings is 1. The van der Waals surface area contributed by atoms with Crippen molar-refractivity contribution in [2.45, 2.75) is 0 Å². The van der Waals surface area contributed by atoms with E-state index in [9.17, 15) is 14.4 Å². The SMILES string of the molecule is O=C(O)/C=C/C(=O)Nc1cc(Cl)ccc1C(=O)O. The lowest BCUT2D eigenvalue weighted by Crippen LogP contribution is -2.12. The highest BCUT2D eigenvalue weighted by Crippen LogP contribution is 2.21. The van der Waals surface area contributed by atoms with Crippen molar-refractivity contribution in [1.29, 1.82) is 0 Å². The van der Waals surface area contributed by atoms with E-state index >= 15 is 0 Å². The molecule has 1 aromatic carbocycles. The Labute approximate surface area is 106 Å². The standard InChI is InChI=1S/C11H8ClNO5/c12-6-1-2-7(11(17)18)8(5-6)13-9(14)3-4-10(15)16/h1-5H,(H,13,14)(H,15,16)(H,17,18)/b4-3+. The average molecular weight is 270 g/mol. The number of carbonyl (C=O) groups is 3. The molecule has 0 fully saturated rings. The Morgan fingerprint density at radius 2 is 1.83 bits per heavy atom. The number of amides is 1. The highest BCUT2D eigenvalue weighted by Gasteiger charge is 2.11. The van der Waals surface area contributed by atoms with Crippen LogP contribution in [0.3, 0.4) is 0 Å². The molecular weight excluding hydrogens is 262 g/mol. The van der Waals surface area contributed by atoms with Crippen LogP contribution in [0.2, 0.25) is 5.02 Å². The first-order valence-corrected chi connectivity index (χ1v) is 5.03. The summed E-state index contributed by atoms with van der Waals surface area (Å²) in [5.41, 5.74) is -0.147. The molecular formula is C11H8ClNO5. The highest BCUT2D eigenvalue weighted by atomic mass is 35.5. The van der Waals surface area contributed by atoms with Crippen LogP contribution in [-0.2, 0) is 9.59 Å². The smallest absolute Gasteiger partial charge is 0.337 e. The number of rotatable bonds is 4. The van der Waals surface area contributed by atoms with Crippen molar-refractivity contribution in [2.24, 2.45) is 0 Å². The molecule has 0 aliphatic heterocycles. The topological polar surface area (TPSA) is 104 Å². The molecule has 1 rings (SSSR count). The molecule has 0 unspecified atom stereocenters. The minimum Gasteiger partial charge on any atom is -0.478 e. The molecule has 0 atom stereocenters. The molecule has 0 aliphatic rings. The average Bonchev–Trinajstić information content (AvgIpc) is 2.26. The molecule has 0 saturated heterocycles. The van der Waals surface area contributed by atoms with Crippen LogP contribution in [0, 0.1) is 0 Å². The molecule has 1 amide bonds. The molecule has 18 heavy (non-hydrogen) atoms. The van der Waals surface area contributed by atoms with E-state index in [0.717, 1.165) is 6.08 Å². The molecule has 6 nitrogen and oxygen atoms in total. The van der Waals surface area contributed by atoms with Gasteiger partial charge in [0.25, 0.3) is 0 Å². The van der Waals surface area contributed by atoms with Crippen LogP contribution >= 0.6 is 11.6 Å². The Hall–Kier alpha value is -2.34. The summed E-state index contributed by atoms with van der Waals surface area (Å²) in [4.78, 5) is 32.4. The van der Waals surface area contributed by atoms with E-state index in [1.165, 1.54) is 18.2 Å². The normalized spacial score (nSPS) is 10.3. The molecule has 3 N–H and O–H groups in total. The second kappa shape index (κ2) is 5.83. The lowest BCUT2D eigenvalue weighted by atomic mass is 10.2. The summed E-state index contributed by atoms with van der Waals surface area (Å²) in [7, 11) is 0. The summed E-state index contributed by atoms with van der Waals surface area (Å²) in [6.45, 7) is 0. The van der Waals surface area contributed by atoms with E-state index < -0.39 is 17.8 Å². The fraction of sp³-hybridized carbons (Fsp3) is 0. The Balaban J connectivity index is 2.96. The Morgan fingerprint density at radius 3 is 2.39 bits per heavy atom. The van der Waals surface area contributed by atoms with Gasteiger partial charge in [0.15, 0.2) is 0 Å². The number of halogens is 1. The first kappa shape index (κ1) is 13.7. The summed E-state index contributed by atoms with van der Waals surface area (Å²) in [6.07, 6.45) is 1.41. The third-order valence-electron chi connectivity index (χ3n) is 1.85. The van der Waals surface area contributed by atoms with Gasteiger partial charge >= 0.3 is 11.9 Å². The van der Waals surface area contributed by atoms with E-state index in [4.69, 9.17) is 21.8 Å². The van der Waals surface area contributed by atoms with Crippen molar-refractivity contribution >= 4 is 35.1 Å². The molecule has 0 spiro atoms. The highest BCUT2D eigenvalue weighted by molar-refractivity contribution is 6.31. The van der Waals surface area contributed by atoms with Gasteiger partial charge in [-0.1, -0.05) is 11.6 Å². The molecule has 0 bridgehead atoms. The van der Waals surface area contributed by atoms with Crippen LogP contribution in [-0.4, -0.2) is 28.1 Å². The van der Waals surface area contributed by atoms with Gasteiger partial charge in [-0.25, -0.2) is 9.59 Å². The van der Waals surface area contributed by atoms with Crippen molar-refractivity contribution in [3.63, 3.8) is 0 Å². The van der Waals surface area contributed by atoms with Crippen molar-refractivity contribution in [2.75, 3.05) is 5.32 Å². The number of aromatic carboxylic acids is 1. The van der Waals surface area contributed by atoms with Crippen LogP contribution in [0.15, 0.2) is 30.4 Å². The van der Waals surface area contributed by atoms with Gasteiger partial charge in [0.1, 0.15) is 0 Å². The summed E-state index contributed by atoms with van der Waals surface area (Å²) in [5, 5.41) is 19.7. The summed E-state index contributed by atoms with van der Waals surface area (Å²) in [6, 6.07) is 3.87. The molecule has 0 aliphatic carbocycles. The van der Waals surface area contributed by atoms with Gasteiger partial charge in [0, 0.05) is 17.2 Å². The van der Waals surface area contributed by atoms with E-state index in [0.29, 0.717) is 6.08 Å². The molecule has 7 heteroatoms. The van der Waals surface area contributed by atoms with Gasteiger partial charge in [-0.2, -0.15) is 0 Å². The molecule has 1 aromatic rings. The minimum atomic E-state index is -1.28. The number of carboxylic acids is 2. The second-order valence-electron chi connectivity index (χ2n) is 3.16. The van der Waals surface area contributed by atoms with Gasteiger partial charge in [0.05, 0.1) is 11.3 Å². The van der Waals surface area contributed by atoms with Gasteiger partial charge in [-0.05, 0) is 18.2 Å². The fourth-order valence-electron chi connectivity index (χ4n) is 1.13. The van der Waals surface area contributed by atoms with E-state index in [-0.39, 0.29) is 16.3 Å². The first-order chi connectivity index (χ1) is 8.40. The van der Waals surface area contributed by atoms with Gasteiger partial charge < -0.3 is 15.5 Å². The van der Waals surface area contributed by atoms with Crippen LogP contribution < -0.4 is 5.32 Å². The molecule has 0 radical (unpaired) electrons. The maximum absolute atomic E-state index is 11.3. The lowest BCUT2D eigenvalue weighted by molar-refractivity contribution is -0.131. The zero-order valence-corrected chi connectivity index (χ0v) is 9.64. The second-order valence-corrected chi connectivity index (χ2v) is 3.59. The van der Waals surface area contributed by atoms with E-state index in [1.54, 1.807) is 0 Å². The predicted molar refractivity (Wildman–Crippen MR) is 63.8 cm³/mol. The van der Waals surface area contributed by atoms with Gasteiger partial charge in [-0.3, -0.25) is 4.79 Å². The third kappa shape index (κ3) is 3.91. The Morgan fingerprint density at radius 1 is 1.17 bits per heavy atom. The van der Waals surface area contributed by atoms with Crippen LogP contribution in [0.4, 0.5) is 5.69 Å². The van der Waals surface area contributed by atoms with E-state index in [1.807, 2.05) is 0 Å². The summed E-state index contributed by atoms with van der Waals surface area (Å²) >= 11 is 5.68. The van der Waals surface area contributed by atoms with Gasteiger partial charge in [0.2, 0.25) is 5.91 Å². The number of carbonyl (C=O) groups excluding carboxylic acids is 1. The quantitative estimate of drug-likeness (QED) is 0.721. The van der Waals surface area contributed by atoms with Crippen LogP contribution in [0.25, 0.3) is 0 Å². The molecule has 0 aromatic heterocycles. The fourth-order valence-corrected chi connectivity index (χ4v) is 1.30. The largest absolute Gasteiger partial charge is 0.478 e. The minimum absolute atomic E-state index is 0.00459. The number of anilines is 1. The molecule has 0 heterocycles. The van der Waals surface area contributed by atoms with Crippen LogP contribution in [0.5, 0.6) is 0 Å². The number of carboxylic acid groups (broad SMARTS) is 2. The number of nitrogens with one attached hydrogen (secondary N) is 1. The van der Waals surface area contributed by atoms with Crippen molar-refractivity contribution < 1.29 is 24.6 Å². The molecule has 94 valence electrons. The Bertz CT molecular complexity index is 538. The maximum atomic E-state index is 11.3. The van der Waals surface area contributed by atoms with Crippen molar-refractivity contribution in [3.05, 3.63) is 40.9 Å².